The molecule has 0 fully saturated rings. The largest absolute Gasteiger partial charge is 0.573 e. The van der Waals surface area contributed by atoms with E-state index in [-0.39, 0.29) is 11.5 Å². The number of nitrogens with zero attached hydrogens (tertiary/aromatic N) is 3. The van der Waals surface area contributed by atoms with Crippen LogP contribution < -0.4 is 9.47 Å². The van der Waals surface area contributed by atoms with E-state index in [1.54, 1.807) is 6.20 Å². The van der Waals surface area contributed by atoms with Gasteiger partial charge in [0, 0.05) is 24.9 Å². The summed E-state index contributed by atoms with van der Waals surface area (Å²) in [5, 5.41) is 0. The average molecular weight is 393 g/mol. The Hall–Kier alpha value is -2.77. The van der Waals surface area contributed by atoms with E-state index in [0.29, 0.717) is 11.3 Å². The van der Waals surface area contributed by atoms with Crippen molar-refractivity contribution < 1.29 is 22.6 Å². The lowest BCUT2D eigenvalue weighted by atomic mass is 10.1. The highest BCUT2D eigenvalue weighted by molar-refractivity contribution is 5.79. The monoisotopic (exact) mass is 393 g/mol. The van der Waals surface area contributed by atoms with E-state index in [9.17, 15) is 13.2 Å². The third-order valence-electron chi connectivity index (χ3n) is 4.47. The van der Waals surface area contributed by atoms with Crippen LogP contribution in [0.25, 0.3) is 22.4 Å². The minimum absolute atomic E-state index is 0.229. The van der Waals surface area contributed by atoms with Gasteiger partial charge in [0.2, 0.25) is 0 Å². The third-order valence-corrected chi connectivity index (χ3v) is 4.47. The molecule has 28 heavy (non-hydrogen) atoms. The van der Waals surface area contributed by atoms with E-state index in [4.69, 9.17) is 4.74 Å². The Kier molecular flexibility index (Phi) is 5.76. The molecule has 8 heteroatoms. The third kappa shape index (κ3) is 4.37. The van der Waals surface area contributed by atoms with E-state index in [1.165, 1.54) is 25.3 Å². The van der Waals surface area contributed by atoms with Gasteiger partial charge in [0.1, 0.15) is 17.0 Å². The van der Waals surface area contributed by atoms with Crippen molar-refractivity contribution in [2.75, 3.05) is 7.11 Å². The fraction of sp³-hybridized carbons (Fsp3) is 0.400. The highest BCUT2D eigenvalue weighted by Crippen LogP contribution is 2.35. The van der Waals surface area contributed by atoms with Gasteiger partial charge in [-0.15, -0.1) is 13.2 Å². The minimum Gasteiger partial charge on any atom is -0.496 e. The number of hydrogen-bond donors (Lipinski definition) is 0. The highest BCUT2D eigenvalue weighted by Gasteiger charge is 2.31. The standard InChI is InChI=1S/C20H22F3N3O2/c1-4-5-6-7-13-12-26(2)19-18(13)24-11-16(25-19)15-9-8-14(10-17(15)27-3)28-20(21,22)23/h8-12H,4-7H2,1-3H3. The number of hydrogen-bond acceptors (Lipinski definition) is 4. The first kappa shape index (κ1) is 20.0. The minimum atomic E-state index is -4.76. The van der Waals surface area contributed by atoms with Crippen molar-refractivity contribution in [3.8, 4) is 22.8 Å². The van der Waals surface area contributed by atoms with Gasteiger partial charge >= 0.3 is 6.36 Å². The van der Waals surface area contributed by atoms with Crippen molar-refractivity contribution in [3.05, 3.63) is 36.2 Å². The molecule has 1 aromatic carbocycles. The van der Waals surface area contributed by atoms with Gasteiger partial charge in [-0.25, -0.2) is 4.98 Å². The predicted octanol–water partition coefficient (Wildman–Crippen LogP) is 5.28. The summed E-state index contributed by atoms with van der Waals surface area (Å²) in [6.07, 6.45) is 3.22. The number of unbranched alkanes of at least 4 members (excludes halogenated alkanes) is 2. The number of rotatable bonds is 7. The summed E-state index contributed by atoms with van der Waals surface area (Å²) in [5.41, 5.74) is 3.77. The molecule has 0 spiro atoms. The van der Waals surface area contributed by atoms with Crippen LogP contribution in [-0.2, 0) is 13.5 Å². The van der Waals surface area contributed by atoms with Crippen molar-refractivity contribution in [2.24, 2.45) is 7.05 Å². The molecular weight excluding hydrogens is 371 g/mol. The summed E-state index contributed by atoms with van der Waals surface area (Å²) in [7, 11) is 3.29. The first-order chi connectivity index (χ1) is 13.3. The van der Waals surface area contributed by atoms with Gasteiger partial charge < -0.3 is 14.0 Å². The molecule has 0 aliphatic rings. The number of aryl methyl sites for hydroxylation is 2. The Bertz CT molecular complexity index is 967. The second kappa shape index (κ2) is 8.08. The summed E-state index contributed by atoms with van der Waals surface area (Å²) in [4.78, 5) is 9.23. The van der Waals surface area contributed by atoms with Crippen molar-refractivity contribution in [3.63, 3.8) is 0 Å². The molecule has 3 rings (SSSR count). The van der Waals surface area contributed by atoms with Crippen molar-refractivity contribution in [1.29, 1.82) is 0 Å². The van der Waals surface area contributed by atoms with E-state index < -0.39 is 6.36 Å². The molecular formula is C20H22F3N3O2. The topological polar surface area (TPSA) is 49.2 Å². The fourth-order valence-electron chi connectivity index (χ4n) is 3.17. The van der Waals surface area contributed by atoms with Crippen molar-refractivity contribution in [2.45, 2.75) is 39.0 Å². The van der Waals surface area contributed by atoms with Crippen LogP contribution in [0.15, 0.2) is 30.6 Å². The first-order valence-electron chi connectivity index (χ1n) is 9.07. The van der Waals surface area contributed by atoms with Gasteiger partial charge in [-0.3, -0.25) is 4.98 Å². The summed E-state index contributed by atoms with van der Waals surface area (Å²) < 4.78 is 48.5. The number of halogens is 3. The zero-order valence-electron chi connectivity index (χ0n) is 16.0. The molecule has 0 aliphatic heterocycles. The molecule has 5 nitrogen and oxygen atoms in total. The summed E-state index contributed by atoms with van der Waals surface area (Å²) in [6.45, 7) is 2.16. The molecule has 0 radical (unpaired) electrons. The number of fused-ring (bicyclic) bond motifs is 1. The number of ether oxygens (including phenoxy) is 2. The SMILES string of the molecule is CCCCCc1cn(C)c2nc(-c3ccc(OC(F)(F)F)cc3OC)cnc12. The van der Waals surface area contributed by atoms with Gasteiger partial charge in [0.15, 0.2) is 5.65 Å². The Morgan fingerprint density at radius 2 is 1.96 bits per heavy atom. The quantitative estimate of drug-likeness (QED) is 0.513. The highest BCUT2D eigenvalue weighted by atomic mass is 19.4. The van der Waals surface area contributed by atoms with Crippen LogP contribution in [0.2, 0.25) is 0 Å². The van der Waals surface area contributed by atoms with E-state index in [2.05, 4.69) is 21.6 Å². The first-order valence-corrected chi connectivity index (χ1v) is 9.07. The maximum Gasteiger partial charge on any atom is 0.573 e. The smallest absolute Gasteiger partial charge is 0.496 e. The van der Waals surface area contributed by atoms with Crippen LogP contribution >= 0.6 is 0 Å². The zero-order valence-corrected chi connectivity index (χ0v) is 16.0. The molecule has 0 bridgehead atoms. The van der Waals surface area contributed by atoms with E-state index in [0.717, 1.165) is 42.4 Å². The Morgan fingerprint density at radius 1 is 1.18 bits per heavy atom. The van der Waals surface area contributed by atoms with Gasteiger partial charge in [0.25, 0.3) is 0 Å². The lowest BCUT2D eigenvalue weighted by Gasteiger charge is -2.12. The molecule has 2 aromatic heterocycles. The van der Waals surface area contributed by atoms with Crippen LogP contribution in [0.4, 0.5) is 13.2 Å². The second-order valence-electron chi connectivity index (χ2n) is 6.56. The summed E-state index contributed by atoms with van der Waals surface area (Å²) >= 11 is 0. The van der Waals surface area contributed by atoms with Crippen LogP contribution in [-0.4, -0.2) is 28.0 Å². The average Bonchev–Trinajstić information content (AvgIpc) is 2.96. The Morgan fingerprint density at radius 3 is 2.64 bits per heavy atom. The van der Waals surface area contributed by atoms with Gasteiger partial charge in [-0.05, 0) is 30.5 Å². The molecule has 150 valence electrons. The number of methoxy groups -OCH3 is 1. The summed E-state index contributed by atoms with van der Waals surface area (Å²) in [5.74, 6) is -0.119. The zero-order chi connectivity index (χ0) is 20.3. The maximum absolute atomic E-state index is 12.4. The van der Waals surface area contributed by atoms with Gasteiger partial charge in [0.05, 0.1) is 19.0 Å². The second-order valence-corrected chi connectivity index (χ2v) is 6.56. The van der Waals surface area contributed by atoms with E-state index in [1.807, 2.05) is 17.8 Å². The molecule has 0 amide bonds. The molecule has 0 unspecified atom stereocenters. The molecule has 3 aromatic rings. The van der Waals surface area contributed by atoms with Crippen LogP contribution in [0.3, 0.4) is 0 Å². The maximum atomic E-state index is 12.4. The van der Waals surface area contributed by atoms with Crippen LogP contribution in [0.1, 0.15) is 31.7 Å². The number of aromatic nitrogens is 3. The van der Waals surface area contributed by atoms with E-state index >= 15 is 0 Å². The number of benzene rings is 1. The van der Waals surface area contributed by atoms with Crippen LogP contribution in [0.5, 0.6) is 11.5 Å². The molecule has 0 saturated heterocycles. The number of alkyl halides is 3. The lowest BCUT2D eigenvalue weighted by Crippen LogP contribution is -2.17. The lowest BCUT2D eigenvalue weighted by molar-refractivity contribution is -0.274. The predicted molar refractivity (Wildman–Crippen MR) is 100 cm³/mol. The Labute approximate surface area is 161 Å². The molecule has 0 atom stereocenters. The van der Waals surface area contributed by atoms with Crippen molar-refractivity contribution in [1.82, 2.24) is 14.5 Å². The van der Waals surface area contributed by atoms with Gasteiger partial charge in [-0.2, -0.15) is 0 Å². The Balaban J connectivity index is 1.96. The van der Waals surface area contributed by atoms with Crippen LogP contribution in [0, 0.1) is 0 Å². The normalized spacial score (nSPS) is 11.8. The summed E-state index contributed by atoms with van der Waals surface area (Å²) in [6, 6.07) is 3.91. The molecule has 0 N–H and O–H groups in total. The molecule has 0 saturated carbocycles. The molecule has 0 aliphatic carbocycles. The fourth-order valence-corrected chi connectivity index (χ4v) is 3.17. The van der Waals surface area contributed by atoms with Crippen molar-refractivity contribution >= 4 is 11.2 Å². The molecule has 2 heterocycles. The van der Waals surface area contributed by atoms with Gasteiger partial charge in [-0.1, -0.05) is 19.8 Å².